The Bertz CT molecular complexity index is 1550. The average molecular weight is 543 g/mol. The number of fused-ring (bicyclic) bond motifs is 1. The molecule has 200 valence electrons. The molecule has 3 aromatic heterocycles. The summed E-state index contributed by atoms with van der Waals surface area (Å²) in [6, 6.07) is 5.23. The minimum absolute atomic E-state index is 0.0557. The third kappa shape index (κ3) is 4.44. The lowest BCUT2D eigenvalue weighted by Gasteiger charge is -2.21. The fourth-order valence-corrected chi connectivity index (χ4v) is 5.73. The van der Waals surface area contributed by atoms with Crippen LogP contribution in [0.3, 0.4) is 0 Å². The van der Waals surface area contributed by atoms with Crippen molar-refractivity contribution in [3.63, 3.8) is 0 Å². The number of rotatable bonds is 9. The van der Waals surface area contributed by atoms with Crippen LogP contribution in [-0.4, -0.2) is 62.4 Å². The van der Waals surface area contributed by atoms with Crippen LogP contribution in [0.5, 0.6) is 11.5 Å². The number of ether oxygens (including phenoxy) is 2. The molecule has 0 radical (unpaired) electrons. The van der Waals surface area contributed by atoms with Gasteiger partial charge in [0.2, 0.25) is 16.0 Å². The second-order valence-electron chi connectivity index (χ2n) is 8.93. The number of aryl methyl sites for hydroxylation is 1. The lowest BCUT2D eigenvalue weighted by atomic mass is 10.1. The van der Waals surface area contributed by atoms with Crippen molar-refractivity contribution in [1.29, 1.82) is 0 Å². The number of anilines is 1. The van der Waals surface area contributed by atoms with Gasteiger partial charge in [-0.05, 0) is 31.9 Å². The summed E-state index contributed by atoms with van der Waals surface area (Å²) in [7, 11) is -1.04. The molecule has 0 saturated heterocycles. The monoisotopic (exact) mass is 542 g/mol. The summed E-state index contributed by atoms with van der Waals surface area (Å²) < 4.78 is 57.7. The molecule has 4 heterocycles. The molecule has 1 aliphatic heterocycles. The van der Waals surface area contributed by atoms with E-state index in [0.29, 0.717) is 23.0 Å². The van der Waals surface area contributed by atoms with Gasteiger partial charge >= 0.3 is 0 Å². The molecular formula is C24H27FN8O4S. The van der Waals surface area contributed by atoms with Gasteiger partial charge in [0.1, 0.15) is 23.0 Å². The van der Waals surface area contributed by atoms with Crippen LogP contribution < -0.4 is 14.2 Å². The number of aromatic nitrogens is 7. The van der Waals surface area contributed by atoms with Crippen LogP contribution in [-0.2, 0) is 23.0 Å². The first-order valence-corrected chi connectivity index (χ1v) is 13.5. The van der Waals surface area contributed by atoms with E-state index in [1.54, 1.807) is 35.9 Å². The highest BCUT2D eigenvalue weighted by Crippen LogP contribution is 2.39. The summed E-state index contributed by atoms with van der Waals surface area (Å²) in [5, 5.41) is 12.1. The van der Waals surface area contributed by atoms with Gasteiger partial charge in [0.25, 0.3) is 0 Å². The molecule has 2 unspecified atom stereocenters. The first-order valence-electron chi connectivity index (χ1n) is 12.0. The van der Waals surface area contributed by atoms with Crippen molar-refractivity contribution < 1.29 is 22.3 Å². The Morgan fingerprint density at radius 2 is 1.74 bits per heavy atom. The van der Waals surface area contributed by atoms with Gasteiger partial charge in [-0.25, -0.2) is 22.8 Å². The Kier molecular flexibility index (Phi) is 6.73. The SMILES string of the molecule is COc1cccc(OC)c1-n1c(NS(=O)(=O)C(C)C(C)c2ncc(F)cn2)nnc1-c1cnn2c1CCC2. The molecule has 0 saturated carbocycles. The zero-order chi connectivity index (χ0) is 27.0. The maximum absolute atomic E-state index is 13.6. The number of sulfonamides is 1. The second kappa shape index (κ2) is 10.0. The topological polar surface area (TPSA) is 139 Å². The molecule has 14 heteroatoms. The van der Waals surface area contributed by atoms with E-state index in [-0.39, 0.29) is 11.8 Å². The van der Waals surface area contributed by atoms with E-state index in [2.05, 4.69) is 30.0 Å². The van der Waals surface area contributed by atoms with E-state index >= 15 is 0 Å². The quantitative estimate of drug-likeness (QED) is 0.338. The lowest BCUT2D eigenvalue weighted by molar-refractivity contribution is 0.391. The first kappa shape index (κ1) is 25.6. The van der Waals surface area contributed by atoms with Gasteiger partial charge in [0.05, 0.1) is 43.6 Å². The van der Waals surface area contributed by atoms with E-state index in [1.807, 2.05) is 4.68 Å². The summed E-state index contributed by atoms with van der Waals surface area (Å²) in [6.07, 6.45) is 5.46. The number of methoxy groups -OCH3 is 2. The van der Waals surface area contributed by atoms with E-state index < -0.39 is 27.0 Å². The van der Waals surface area contributed by atoms with Crippen molar-refractivity contribution in [3.05, 3.63) is 54.1 Å². The Balaban J connectivity index is 1.62. The number of halogens is 1. The number of para-hydroxylation sites is 1. The zero-order valence-electron chi connectivity index (χ0n) is 21.3. The third-order valence-electron chi connectivity index (χ3n) is 6.74. The smallest absolute Gasteiger partial charge is 0.243 e. The van der Waals surface area contributed by atoms with Crippen LogP contribution in [0.15, 0.2) is 36.8 Å². The van der Waals surface area contributed by atoms with Gasteiger partial charge in [0, 0.05) is 18.2 Å². The third-order valence-corrected chi connectivity index (χ3v) is 8.59. The molecule has 0 bridgehead atoms. The van der Waals surface area contributed by atoms with Crippen LogP contribution in [0.4, 0.5) is 10.3 Å². The van der Waals surface area contributed by atoms with Gasteiger partial charge < -0.3 is 9.47 Å². The maximum atomic E-state index is 13.6. The highest BCUT2D eigenvalue weighted by atomic mass is 32.2. The first-order chi connectivity index (χ1) is 18.2. The van der Waals surface area contributed by atoms with Gasteiger partial charge in [0.15, 0.2) is 11.6 Å². The highest BCUT2D eigenvalue weighted by Gasteiger charge is 2.33. The average Bonchev–Trinajstić information content (AvgIpc) is 3.64. The van der Waals surface area contributed by atoms with Crippen LogP contribution in [0, 0.1) is 5.82 Å². The largest absolute Gasteiger partial charge is 0.494 e. The van der Waals surface area contributed by atoms with Crippen LogP contribution in [0.25, 0.3) is 17.1 Å². The molecule has 2 atom stereocenters. The zero-order valence-corrected chi connectivity index (χ0v) is 22.1. The van der Waals surface area contributed by atoms with Crippen molar-refractivity contribution in [2.24, 2.45) is 0 Å². The summed E-state index contributed by atoms with van der Waals surface area (Å²) >= 11 is 0. The number of nitrogens with one attached hydrogen (secondary N) is 1. The molecule has 38 heavy (non-hydrogen) atoms. The Morgan fingerprint density at radius 1 is 1.05 bits per heavy atom. The molecule has 5 rings (SSSR count). The van der Waals surface area contributed by atoms with Crippen LogP contribution in [0.1, 0.15) is 37.7 Å². The lowest BCUT2D eigenvalue weighted by Crippen LogP contribution is -2.31. The van der Waals surface area contributed by atoms with E-state index in [0.717, 1.165) is 43.0 Å². The second-order valence-corrected chi connectivity index (χ2v) is 11.0. The fourth-order valence-electron chi connectivity index (χ4n) is 4.50. The molecule has 1 N–H and O–H groups in total. The van der Waals surface area contributed by atoms with Crippen molar-refractivity contribution in [1.82, 2.24) is 34.5 Å². The molecule has 4 aromatic rings. The van der Waals surface area contributed by atoms with Crippen LogP contribution >= 0.6 is 0 Å². The Labute approximate surface area is 218 Å². The van der Waals surface area contributed by atoms with Crippen molar-refractivity contribution in [3.8, 4) is 28.6 Å². The summed E-state index contributed by atoms with van der Waals surface area (Å²) in [6.45, 7) is 3.98. The summed E-state index contributed by atoms with van der Waals surface area (Å²) in [4.78, 5) is 7.90. The molecule has 0 spiro atoms. The van der Waals surface area contributed by atoms with E-state index in [9.17, 15) is 12.8 Å². The summed E-state index contributed by atoms with van der Waals surface area (Å²) in [5.74, 6) is 0.132. The number of nitrogens with zero attached hydrogens (tertiary/aromatic N) is 7. The summed E-state index contributed by atoms with van der Waals surface area (Å²) in [5.41, 5.74) is 2.14. The molecule has 0 fully saturated rings. The number of benzene rings is 1. The standard InChI is InChI=1S/C24H27FN8O4S/c1-14(22-26-11-16(25)12-27-22)15(2)38(34,35)31-24-30-29-23(17-13-28-32-10-6-7-18(17)32)33(24)21-19(36-3)8-5-9-20(21)37-4/h5,8-9,11-15H,6-7,10H2,1-4H3,(H,30,31). The minimum Gasteiger partial charge on any atom is -0.494 e. The molecule has 0 amide bonds. The number of hydrogen-bond donors (Lipinski definition) is 1. The predicted molar refractivity (Wildman–Crippen MR) is 136 cm³/mol. The van der Waals surface area contributed by atoms with Gasteiger partial charge in [-0.15, -0.1) is 10.2 Å². The number of hydrogen-bond acceptors (Lipinski definition) is 9. The highest BCUT2D eigenvalue weighted by molar-refractivity contribution is 7.93. The normalized spacial score (nSPS) is 14.7. The van der Waals surface area contributed by atoms with Crippen molar-refractivity contribution >= 4 is 16.0 Å². The fraction of sp³-hybridized carbons (Fsp3) is 0.375. The molecule has 1 aliphatic rings. The molecule has 12 nitrogen and oxygen atoms in total. The van der Waals surface area contributed by atoms with E-state index in [1.165, 1.54) is 21.1 Å². The Hall–Kier alpha value is -4.07. The molecular weight excluding hydrogens is 515 g/mol. The minimum atomic E-state index is -4.06. The van der Waals surface area contributed by atoms with Crippen molar-refractivity contribution in [2.75, 3.05) is 18.9 Å². The van der Waals surface area contributed by atoms with Gasteiger partial charge in [-0.1, -0.05) is 13.0 Å². The van der Waals surface area contributed by atoms with Gasteiger partial charge in [-0.3, -0.25) is 14.0 Å². The van der Waals surface area contributed by atoms with E-state index in [4.69, 9.17) is 9.47 Å². The Morgan fingerprint density at radius 3 is 2.39 bits per heavy atom. The van der Waals surface area contributed by atoms with Crippen molar-refractivity contribution in [2.45, 2.75) is 44.4 Å². The maximum Gasteiger partial charge on any atom is 0.243 e. The van der Waals surface area contributed by atoms with Gasteiger partial charge in [-0.2, -0.15) is 5.10 Å². The molecule has 0 aliphatic carbocycles. The molecule has 1 aromatic carbocycles. The van der Waals surface area contributed by atoms with Crippen LogP contribution in [0.2, 0.25) is 0 Å². The predicted octanol–water partition coefficient (Wildman–Crippen LogP) is 2.96.